The molecule has 0 amide bonds. The number of nitrogens with zero attached hydrogens (tertiary/aromatic N) is 1. The number of aromatic hydroxyl groups is 1. The molecule has 0 bridgehead atoms. The van der Waals surface area contributed by atoms with Crippen molar-refractivity contribution in [3.8, 4) is 11.5 Å². The van der Waals surface area contributed by atoms with E-state index in [0.29, 0.717) is 0 Å². The number of aliphatic hydroxyl groups excluding tert-OH is 1. The Hall–Kier alpha value is -1.63. The summed E-state index contributed by atoms with van der Waals surface area (Å²) in [5.41, 5.74) is 0.534. The molecule has 128 valence electrons. The van der Waals surface area contributed by atoms with Crippen LogP contribution in [0.5, 0.6) is 11.5 Å². The highest BCUT2D eigenvalue weighted by molar-refractivity contribution is 5.70. The number of phenolic OH excluding ortho intramolecular Hbond substituents is 1. The summed E-state index contributed by atoms with van der Waals surface area (Å²) < 4.78 is 4.98. The van der Waals surface area contributed by atoms with Gasteiger partial charge in [-0.2, -0.15) is 0 Å². The molecule has 0 aliphatic carbocycles. The first-order valence-electron chi connectivity index (χ1n) is 7.92. The van der Waals surface area contributed by atoms with Gasteiger partial charge in [-0.1, -0.05) is 19.9 Å². The van der Waals surface area contributed by atoms with E-state index in [-0.39, 0.29) is 29.6 Å². The van der Waals surface area contributed by atoms with Crippen LogP contribution >= 0.6 is 0 Å². The van der Waals surface area contributed by atoms with Crippen LogP contribution in [0.2, 0.25) is 0 Å². The number of hydrogen-bond acceptors (Lipinski definition) is 6. The van der Waals surface area contributed by atoms with E-state index in [9.17, 15) is 15.0 Å². The predicted octanol–water partition coefficient (Wildman–Crippen LogP) is 1.28. The molecule has 0 radical (unpaired) electrons. The van der Waals surface area contributed by atoms with E-state index in [0.717, 1.165) is 31.7 Å². The second-order valence-electron chi connectivity index (χ2n) is 6.66. The first kappa shape index (κ1) is 17.7. The van der Waals surface area contributed by atoms with Crippen LogP contribution in [0.15, 0.2) is 18.2 Å². The number of rotatable bonds is 5. The molecule has 2 rings (SSSR count). The molecule has 23 heavy (non-hydrogen) atoms. The Kier molecular flexibility index (Phi) is 5.62. The SMILES string of the molecule is CC(=O)Oc1ccc([C@H](N2CCNCC2)C(C)(C)CO)cc1O. The summed E-state index contributed by atoms with van der Waals surface area (Å²) in [5, 5.41) is 23.3. The minimum atomic E-state index is -0.470. The van der Waals surface area contributed by atoms with Crippen LogP contribution in [0.25, 0.3) is 0 Å². The van der Waals surface area contributed by atoms with Crippen LogP contribution in [0.4, 0.5) is 0 Å². The van der Waals surface area contributed by atoms with E-state index in [1.165, 1.54) is 6.92 Å². The van der Waals surface area contributed by atoms with Gasteiger partial charge in [0.15, 0.2) is 11.5 Å². The highest BCUT2D eigenvalue weighted by Gasteiger charge is 2.36. The number of carbonyl (C=O) groups excluding carboxylic acids is 1. The smallest absolute Gasteiger partial charge is 0.308 e. The Bertz CT molecular complexity index is 554. The van der Waals surface area contributed by atoms with Crippen molar-refractivity contribution in [1.29, 1.82) is 0 Å². The van der Waals surface area contributed by atoms with E-state index >= 15 is 0 Å². The first-order chi connectivity index (χ1) is 10.8. The van der Waals surface area contributed by atoms with Crippen LogP contribution < -0.4 is 10.1 Å². The highest BCUT2D eigenvalue weighted by atomic mass is 16.5. The summed E-state index contributed by atoms with van der Waals surface area (Å²) in [6.07, 6.45) is 0. The standard InChI is InChI=1S/C17H26N2O4/c1-12(21)23-15-5-4-13(10-14(15)22)16(17(2,3)11-20)19-8-6-18-7-9-19/h4-5,10,16,18,20,22H,6-9,11H2,1-3H3/t16-/m0/s1. The van der Waals surface area contributed by atoms with E-state index in [1.807, 2.05) is 19.9 Å². The van der Waals surface area contributed by atoms with Gasteiger partial charge in [0.2, 0.25) is 0 Å². The van der Waals surface area contributed by atoms with Gasteiger partial charge < -0.3 is 20.3 Å². The molecule has 0 aromatic heterocycles. The third kappa shape index (κ3) is 4.22. The van der Waals surface area contributed by atoms with Gasteiger partial charge in [-0.25, -0.2) is 0 Å². The van der Waals surface area contributed by atoms with Crippen molar-refractivity contribution in [2.45, 2.75) is 26.8 Å². The Morgan fingerprint density at radius 3 is 2.57 bits per heavy atom. The van der Waals surface area contributed by atoms with Crippen LogP contribution in [-0.2, 0) is 4.79 Å². The summed E-state index contributed by atoms with van der Waals surface area (Å²) in [5.74, 6) is -0.379. The van der Waals surface area contributed by atoms with Crippen molar-refractivity contribution in [2.24, 2.45) is 5.41 Å². The minimum Gasteiger partial charge on any atom is -0.504 e. The molecular weight excluding hydrogens is 296 g/mol. The minimum absolute atomic E-state index is 0.0353. The summed E-state index contributed by atoms with van der Waals surface area (Å²) in [4.78, 5) is 13.4. The number of ether oxygens (including phenoxy) is 1. The number of nitrogens with one attached hydrogen (secondary N) is 1. The maximum absolute atomic E-state index is 11.1. The molecule has 0 unspecified atom stereocenters. The van der Waals surface area contributed by atoms with E-state index in [4.69, 9.17) is 4.74 Å². The monoisotopic (exact) mass is 322 g/mol. The average molecular weight is 322 g/mol. The number of carbonyl (C=O) groups is 1. The normalized spacial score (nSPS) is 17.7. The summed E-state index contributed by atoms with van der Waals surface area (Å²) >= 11 is 0. The Balaban J connectivity index is 2.35. The average Bonchev–Trinajstić information content (AvgIpc) is 2.50. The highest BCUT2D eigenvalue weighted by Crippen LogP contribution is 2.41. The Morgan fingerprint density at radius 2 is 2.04 bits per heavy atom. The lowest BCUT2D eigenvalue weighted by Crippen LogP contribution is -2.49. The summed E-state index contributed by atoms with van der Waals surface area (Å²) in [6, 6.07) is 5.05. The number of esters is 1. The molecule has 1 atom stereocenters. The molecule has 6 nitrogen and oxygen atoms in total. The van der Waals surface area contributed by atoms with E-state index in [1.54, 1.807) is 12.1 Å². The molecule has 1 aliphatic rings. The van der Waals surface area contributed by atoms with Gasteiger partial charge in [0.25, 0.3) is 0 Å². The fraction of sp³-hybridized carbons (Fsp3) is 0.588. The van der Waals surface area contributed by atoms with Crippen molar-refractivity contribution in [3.05, 3.63) is 23.8 Å². The molecular formula is C17H26N2O4. The fourth-order valence-corrected chi connectivity index (χ4v) is 3.13. The van der Waals surface area contributed by atoms with Crippen LogP contribution in [0.1, 0.15) is 32.4 Å². The molecule has 1 aromatic carbocycles. The zero-order valence-electron chi connectivity index (χ0n) is 14.0. The molecule has 0 spiro atoms. The van der Waals surface area contributed by atoms with E-state index < -0.39 is 5.97 Å². The van der Waals surface area contributed by atoms with Gasteiger partial charge in [-0.3, -0.25) is 9.69 Å². The zero-order valence-corrected chi connectivity index (χ0v) is 14.0. The van der Waals surface area contributed by atoms with Crippen LogP contribution in [0.3, 0.4) is 0 Å². The third-order valence-corrected chi connectivity index (χ3v) is 4.22. The largest absolute Gasteiger partial charge is 0.504 e. The van der Waals surface area contributed by atoms with Crippen molar-refractivity contribution in [2.75, 3.05) is 32.8 Å². The zero-order chi connectivity index (χ0) is 17.0. The molecule has 0 saturated carbocycles. The van der Waals surface area contributed by atoms with Gasteiger partial charge in [0, 0.05) is 51.2 Å². The molecule has 1 aromatic rings. The van der Waals surface area contributed by atoms with Crippen LogP contribution in [0, 0.1) is 5.41 Å². The van der Waals surface area contributed by atoms with E-state index in [2.05, 4.69) is 10.2 Å². The van der Waals surface area contributed by atoms with Gasteiger partial charge in [-0.05, 0) is 17.7 Å². The quantitative estimate of drug-likeness (QED) is 0.560. The van der Waals surface area contributed by atoms with Crippen molar-refractivity contribution in [1.82, 2.24) is 10.2 Å². The second kappa shape index (κ2) is 7.29. The number of phenols is 1. The summed E-state index contributed by atoms with van der Waals surface area (Å²) in [6.45, 7) is 8.90. The number of hydrogen-bond donors (Lipinski definition) is 3. The number of benzene rings is 1. The summed E-state index contributed by atoms with van der Waals surface area (Å²) in [7, 11) is 0. The van der Waals surface area contributed by atoms with Gasteiger partial charge in [0.05, 0.1) is 0 Å². The van der Waals surface area contributed by atoms with Crippen LogP contribution in [-0.4, -0.2) is 53.9 Å². The predicted molar refractivity (Wildman–Crippen MR) is 87.5 cm³/mol. The lowest BCUT2D eigenvalue weighted by atomic mass is 9.79. The first-order valence-corrected chi connectivity index (χ1v) is 7.92. The second-order valence-corrected chi connectivity index (χ2v) is 6.66. The van der Waals surface area contributed by atoms with Crippen molar-refractivity contribution in [3.63, 3.8) is 0 Å². The van der Waals surface area contributed by atoms with Gasteiger partial charge >= 0.3 is 5.97 Å². The Labute approximate surface area is 137 Å². The third-order valence-electron chi connectivity index (χ3n) is 4.22. The lowest BCUT2D eigenvalue weighted by Gasteiger charge is -2.43. The number of aliphatic hydroxyl groups is 1. The topological polar surface area (TPSA) is 82.0 Å². The van der Waals surface area contributed by atoms with Crippen molar-refractivity contribution < 1.29 is 19.7 Å². The maximum atomic E-state index is 11.1. The molecule has 3 N–H and O–H groups in total. The lowest BCUT2D eigenvalue weighted by molar-refractivity contribution is -0.132. The van der Waals surface area contributed by atoms with Gasteiger partial charge in [0.1, 0.15) is 0 Å². The molecule has 1 heterocycles. The number of piperazine rings is 1. The van der Waals surface area contributed by atoms with Crippen molar-refractivity contribution >= 4 is 5.97 Å². The Morgan fingerprint density at radius 1 is 1.39 bits per heavy atom. The maximum Gasteiger partial charge on any atom is 0.308 e. The van der Waals surface area contributed by atoms with Gasteiger partial charge in [-0.15, -0.1) is 0 Å². The fourth-order valence-electron chi connectivity index (χ4n) is 3.13. The molecule has 1 saturated heterocycles. The molecule has 6 heteroatoms. The molecule has 1 aliphatic heterocycles. The molecule has 1 fully saturated rings.